The average Bonchev–Trinajstić information content (AvgIpc) is 3.24. The van der Waals surface area contributed by atoms with Crippen LogP contribution in [0.3, 0.4) is 0 Å². The van der Waals surface area contributed by atoms with Crippen LogP contribution >= 0.6 is 0 Å². The van der Waals surface area contributed by atoms with Gasteiger partial charge in [-0.2, -0.15) is 0 Å². The summed E-state index contributed by atoms with van der Waals surface area (Å²) >= 11 is 0. The van der Waals surface area contributed by atoms with Gasteiger partial charge in [-0.1, -0.05) is 12.8 Å². The molecule has 1 saturated carbocycles. The van der Waals surface area contributed by atoms with Crippen LogP contribution in [0.4, 0.5) is 0 Å². The van der Waals surface area contributed by atoms with Crippen molar-refractivity contribution in [3.63, 3.8) is 0 Å². The number of ether oxygens (including phenoxy) is 2. The van der Waals surface area contributed by atoms with E-state index >= 15 is 0 Å². The summed E-state index contributed by atoms with van der Waals surface area (Å²) in [5, 5.41) is 0. The van der Waals surface area contributed by atoms with Gasteiger partial charge in [0, 0.05) is 45.3 Å². The van der Waals surface area contributed by atoms with Crippen LogP contribution in [0.2, 0.25) is 0 Å². The average molecular weight is 430 g/mol. The highest BCUT2D eigenvalue weighted by molar-refractivity contribution is 5.97. The predicted octanol–water partition coefficient (Wildman–Crippen LogP) is 2.79. The Morgan fingerprint density at radius 3 is 2.45 bits per heavy atom. The van der Waals surface area contributed by atoms with Crippen molar-refractivity contribution in [1.82, 2.24) is 14.7 Å². The van der Waals surface area contributed by atoms with E-state index in [1.165, 1.54) is 25.7 Å². The van der Waals surface area contributed by atoms with Crippen LogP contribution in [0.5, 0.6) is 11.5 Å². The second kappa shape index (κ2) is 10.4. The zero-order valence-electron chi connectivity index (χ0n) is 18.6. The van der Waals surface area contributed by atoms with Crippen molar-refractivity contribution < 1.29 is 19.1 Å². The maximum absolute atomic E-state index is 13.4. The number of benzene rings is 1. The normalized spacial score (nSPS) is 21.7. The Morgan fingerprint density at radius 2 is 1.74 bits per heavy atom. The van der Waals surface area contributed by atoms with E-state index in [9.17, 15) is 9.59 Å². The molecule has 0 spiro atoms. The van der Waals surface area contributed by atoms with Gasteiger partial charge in [0.25, 0.3) is 5.91 Å². The summed E-state index contributed by atoms with van der Waals surface area (Å²) in [4.78, 5) is 30.7. The molecule has 3 fully saturated rings. The Hall–Kier alpha value is -2.28. The quantitative estimate of drug-likeness (QED) is 0.651. The first-order valence-electron chi connectivity index (χ1n) is 11.8. The Balaban J connectivity index is 1.43. The zero-order valence-corrected chi connectivity index (χ0v) is 18.6. The molecule has 0 aromatic heterocycles. The third kappa shape index (κ3) is 5.32. The molecule has 0 atom stereocenters. The first-order valence-corrected chi connectivity index (χ1v) is 11.8. The van der Waals surface area contributed by atoms with Crippen molar-refractivity contribution in [2.45, 2.75) is 57.1 Å². The molecule has 2 heterocycles. The van der Waals surface area contributed by atoms with Gasteiger partial charge in [-0.3, -0.25) is 9.59 Å². The molecule has 0 bridgehead atoms. The SMILES string of the molecule is COc1ccc(OC2CCN(C3CCCC3)CC2)c(C(=O)N2CCCN(C=O)CC2)c1. The van der Waals surface area contributed by atoms with E-state index in [2.05, 4.69) is 4.90 Å². The van der Waals surface area contributed by atoms with E-state index in [-0.39, 0.29) is 12.0 Å². The smallest absolute Gasteiger partial charge is 0.257 e. The maximum atomic E-state index is 13.4. The van der Waals surface area contributed by atoms with Crippen LogP contribution in [0, 0.1) is 0 Å². The van der Waals surface area contributed by atoms with Crippen LogP contribution in [0.25, 0.3) is 0 Å². The molecule has 0 N–H and O–H groups in total. The number of rotatable bonds is 6. The van der Waals surface area contributed by atoms with Crippen molar-refractivity contribution >= 4 is 12.3 Å². The van der Waals surface area contributed by atoms with Gasteiger partial charge in [-0.25, -0.2) is 0 Å². The fourth-order valence-corrected chi connectivity index (χ4v) is 5.13. The summed E-state index contributed by atoms with van der Waals surface area (Å²) in [5.41, 5.74) is 0.553. The lowest BCUT2D eigenvalue weighted by Gasteiger charge is -2.36. The van der Waals surface area contributed by atoms with E-state index in [4.69, 9.17) is 9.47 Å². The first kappa shape index (κ1) is 21.9. The molecular formula is C24H35N3O4. The molecule has 31 heavy (non-hydrogen) atoms. The molecule has 170 valence electrons. The second-order valence-electron chi connectivity index (χ2n) is 8.94. The number of amides is 2. The predicted molar refractivity (Wildman–Crippen MR) is 119 cm³/mol. The summed E-state index contributed by atoms with van der Waals surface area (Å²) in [6, 6.07) is 6.27. The molecule has 0 unspecified atom stereocenters. The van der Waals surface area contributed by atoms with Gasteiger partial charge >= 0.3 is 0 Å². The highest BCUT2D eigenvalue weighted by atomic mass is 16.5. The molecule has 2 aliphatic heterocycles. The van der Waals surface area contributed by atoms with Gasteiger partial charge in [0.1, 0.15) is 17.6 Å². The molecule has 4 rings (SSSR count). The van der Waals surface area contributed by atoms with E-state index in [0.29, 0.717) is 43.2 Å². The molecule has 7 heteroatoms. The number of nitrogens with zero attached hydrogens (tertiary/aromatic N) is 3. The lowest BCUT2D eigenvalue weighted by Crippen LogP contribution is -2.43. The molecule has 1 aliphatic carbocycles. The number of carbonyl (C=O) groups excluding carboxylic acids is 2. The van der Waals surface area contributed by atoms with Crippen molar-refractivity contribution in [1.29, 1.82) is 0 Å². The van der Waals surface area contributed by atoms with Gasteiger partial charge < -0.3 is 24.2 Å². The van der Waals surface area contributed by atoms with Crippen molar-refractivity contribution in [2.24, 2.45) is 0 Å². The number of carbonyl (C=O) groups is 2. The van der Waals surface area contributed by atoms with Crippen LogP contribution in [0.15, 0.2) is 18.2 Å². The fraction of sp³-hybridized carbons (Fsp3) is 0.667. The van der Waals surface area contributed by atoms with Crippen LogP contribution < -0.4 is 9.47 Å². The van der Waals surface area contributed by atoms with E-state index in [1.54, 1.807) is 18.1 Å². The van der Waals surface area contributed by atoms with Gasteiger partial charge in [0.05, 0.1) is 12.7 Å². The van der Waals surface area contributed by atoms with Gasteiger partial charge in [-0.05, 0) is 50.3 Å². The van der Waals surface area contributed by atoms with Gasteiger partial charge in [0.2, 0.25) is 6.41 Å². The number of likely N-dealkylation sites (tertiary alicyclic amines) is 1. The number of piperidine rings is 1. The summed E-state index contributed by atoms with van der Waals surface area (Å²) in [6.45, 7) is 4.57. The van der Waals surface area contributed by atoms with Crippen LogP contribution in [-0.4, -0.2) is 85.5 Å². The zero-order chi connectivity index (χ0) is 21.6. The van der Waals surface area contributed by atoms with Gasteiger partial charge in [0.15, 0.2) is 0 Å². The number of hydrogen-bond acceptors (Lipinski definition) is 5. The van der Waals surface area contributed by atoms with Crippen LogP contribution in [-0.2, 0) is 4.79 Å². The Kier molecular flexibility index (Phi) is 7.33. The minimum Gasteiger partial charge on any atom is -0.497 e. The largest absolute Gasteiger partial charge is 0.497 e. The lowest BCUT2D eigenvalue weighted by molar-refractivity contribution is -0.118. The molecule has 7 nitrogen and oxygen atoms in total. The molecule has 0 radical (unpaired) electrons. The second-order valence-corrected chi connectivity index (χ2v) is 8.94. The van der Waals surface area contributed by atoms with Crippen molar-refractivity contribution in [2.75, 3.05) is 46.4 Å². The Bertz CT molecular complexity index is 757. The molecule has 3 aliphatic rings. The molecule has 1 aromatic carbocycles. The monoisotopic (exact) mass is 429 g/mol. The standard InChI is InChI=1S/C24H35N3O4/c1-30-21-7-8-23(31-20-9-13-26(14-10-20)19-5-2-3-6-19)22(17-21)24(29)27-12-4-11-25(18-28)15-16-27/h7-8,17-20H,2-6,9-16H2,1H3. The third-order valence-electron chi connectivity index (χ3n) is 7.00. The first-order chi connectivity index (χ1) is 15.2. The van der Waals surface area contributed by atoms with E-state index in [0.717, 1.165) is 44.8 Å². The Labute approximate surface area is 185 Å². The minimum atomic E-state index is -0.0509. The highest BCUT2D eigenvalue weighted by Crippen LogP contribution is 2.31. The summed E-state index contributed by atoms with van der Waals surface area (Å²) in [6.07, 6.45) is 9.16. The molecule has 2 amide bonds. The highest BCUT2D eigenvalue weighted by Gasteiger charge is 2.29. The van der Waals surface area contributed by atoms with Crippen molar-refractivity contribution in [3.8, 4) is 11.5 Å². The summed E-state index contributed by atoms with van der Waals surface area (Å²) in [7, 11) is 1.61. The molecular weight excluding hydrogens is 394 g/mol. The van der Waals surface area contributed by atoms with Crippen molar-refractivity contribution in [3.05, 3.63) is 23.8 Å². The Morgan fingerprint density at radius 1 is 0.968 bits per heavy atom. The number of hydrogen-bond donors (Lipinski definition) is 0. The van der Waals surface area contributed by atoms with Gasteiger partial charge in [-0.15, -0.1) is 0 Å². The number of methoxy groups -OCH3 is 1. The third-order valence-corrected chi connectivity index (χ3v) is 7.00. The topological polar surface area (TPSA) is 62.3 Å². The molecule has 1 aromatic rings. The van der Waals surface area contributed by atoms with E-state index in [1.807, 2.05) is 17.0 Å². The molecule has 2 saturated heterocycles. The van der Waals surface area contributed by atoms with E-state index < -0.39 is 0 Å². The van der Waals surface area contributed by atoms with Crippen LogP contribution in [0.1, 0.15) is 55.3 Å². The minimum absolute atomic E-state index is 0.0509. The lowest BCUT2D eigenvalue weighted by atomic mass is 10.0. The maximum Gasteiger partial charge on any atom is 0.257 e. The summed E-state index contributed by atoms with van der Waals surface area (Å²) < 4.78 is 11.8. The summed E-state index contributed by atoms with van der Waals surface area (Å²) in [5.74, 6) is 1.24. The fourth-order valence-electron chi connectivity index (χ4n) is 5.13.